The lowest BCUT2D eigenvalue weighted by Crippen LogP contribution is -2.55. The summed E-state index contributed by atoms with van der Waals surface area (Å²) in [5.74, 6) is 0. The van der Waals surface area contributed by atoms with E-state index in [4.69, 9.17) is 0 Å². The second-order valence-electron chi connectivity index (χ2n) is 4.39. The Hall–Kier alpha value is -1.29. The van der Waals surface area contributed by atoms with Gasteiger partial charge in [-0.25, -0.2) is 4.39 Å². The summed E-state index contributed by atoms with van der Waals surface area (Å²) in [4.78, 5) is 1.92. The third kappa shape index (κ3) is 1.53. The fourth-order valence-electron chi connectivity index (χ4n) is 2.60. The standard InChI is InChI=1S/C12H16FN3/c13-12-8-14-7-9-5-6-15-10-3-1-2-4-11(10)16(9)12/h1-4,9,12,14-15H,5-8H2. The molecule has 2 unspecified atom stereocenters. The van der Waals surface area contributed by atoms with Crippen LogP contribution in [0.25, 0.3) is 0 Å². The van der Waals surface area contributed by atoms with Gasteiger partial charge in [-0.15, -0.1) is 0 Å². The zero-order valence-corrected chi connectivity index (χ0v) is 9.12. The van der Waals surface area contributed by atoms with Gasteiger partial charge in [0.25, 0.3) is 0 Å². The van der Waals surface area contributed by atoms with Gasteiger partial charge in [-0.1, -0.05) is 12.1 Å². The van der Waals surface area contributed by atoms with E-state index in [1.807, 2.05) is 29.2 Å². The number of alkyl halides is 1. The van der Waals surface area contributed by atoms with Gasteiger partial charge in [-0.3, -0.25) is 0 Å². The first-order chi connectivity index (χ1) is 7.86. The van der Waals surface area contributed by atoms with Crippen molar-refractivity contribution in [1.82, 2.24) is 5.32 Å². The Morgan fingerprint density at radius 2 is 2.12 bits per heavy atom. The molecule has 0 aliphatic carbocycles. The highest BCUT2D eigenvalue weighted by molar-refractivity contribution is 5.71. The van der Waals surface area contributed by atoms with Crippen molar-refractivity contribution in [3.63, 3.8) is 0 Å². The van der Waals surface area contributed by atoms with Crippen LogP contribution in [0.4, 0.5) is 15.8 Å². The van der Waals surface area contributed by atoms with Crippen LogP contribution in [0.15, 0.2) is 24.3 Å². The van der Waals surface area contributed by atoms with Crippen LogP contribution >= 0.6 is 0 Å². The fourth-order valence-corrected chi connectivity index (χ4v) is 2.60. The van der Waals surface area contributed by atoms with Crippen LogP contribution in [-0.2, 0) is 0 Å². The number of halogens is 1. The van der Waals surface area contributed by atoms with E-state index in [9.17, 15) is 4.39 Å². The van der Waals surface area contributed by atoms with Gasteiger partial charge < -0.3 is 15.5 Å². The van der Waals surface area contributed by atoms with Crippen molar-refractivity contribution in [3.8, 4) is 0 Å². The topological polar surface area (TPSA) is 27.3 Å². The Balaban J connectivity index is 2.03. The molecule has 0 saturated carbocycles. The van der Waals surface area contributed by atoms with E-state index >= 15 is 0 Å². The summed E-state index contributed by atoms with van der Waals surface area (Å²) >= 11 is 0. The van der Waals surface area contributed by atoms with Crippen LogP contribution < -0.4 is 15.5 Å². The lowest BCUT2D eigenvalue weighted by Gasteiger charge is -2.39. The third-order valence-electron chi connectivity index (χ3n) is 3.36. The molecule has 0 spiro atoms. The van der Waals surface area contributed by atoms with Gasteiger partial charge in [0.2, 0.25) is 0 Å². The van der Waals surface area contributed by atoms with E-state index in [2.05, 4.69) is 10.6 Å². The number of anilines is 2. The second kappa shape index (κ2) is 3.94. The van der Waals surface area contributed by atoms with Crippen LogP contribution in [0.5, 0.6) is 0 Å². The molecule has 1 fully saturated rings. The van der Waals surface area contributed by atoms with Gasteiger partial charge in [-0.05, 0) is 18.6 Å². The lowest BCUT2D eigenvalue weighted by molar-refractivity contribution is 0.246. The number of para-hydroxylation sites is 2. The molecule has 0 bridgehead atoms. The Morgan fingerprint density at radius 3 is 3.06 bits per heavy atom. The molecular weight excluding hydrogens is 205 g/mol. The van der Waals surface area contributed by atoms with Crippen LogP contribution in [-0.4, -0.2) is 32.0 Å². The molecule has 0 radical (unpaired) electrons. The predicted molar refractivity (Wildman–Crippen MR) is 63.6 cm³/mol. The average Bonchev–Trinajstić information content (AvgIpc) is 2.49. The Kier molecular flexibility index (Phi) is 2.44. The van der Waals surface area contributed by atoms with Crippen LogP contribution in [0.1, 0.15) is 6.42 Å². The summed E-state index contributed by atoms with van der Waals surface area (Å²) in [6.45, 7) is 2.20. The molecule has 16 heavy (non-hydrogen) atoms. The Morgan fingerprint density at radius 1 is 1.25 bits per heavy atom. The van der Waals surface area contributed by atoms with Crippen molar-refractivity contribution in [3.05, 3.63) is 24.3 Å². The molecule has 3 nitrogen and oxygen atoms in total. The summed E-state index contributed by atoms with van der Waals surface area (Å²) in [7, 11) is 0. The van der Waals surface area contributed by atoms with Gasteiger partial charge in [0.1, 0.15) is 0 Å². The SMILES string of the molecule is FC1CNCC2CCNc3ccccc3N12. The smallest absolute Gasteiger partial charge is 0.185 e. The van der Waals surface area contributed by atoms with Gasteiger partial charge in [0.05, 0.1) is 11.4 Å². The summed E-state index contributed by atoms with van der Waals surface area (Å²) in [5, 5.41) is 6.51. The molecule has 2 heterocycles. The molecule has 2 atom stereocenters. The number of nitrogens with zero attached hydrogens (tertiary/aromatic N) is 1. The molecule has 1 saturated heterocycles. The van der Waals surface area contributed by atoms with Gasteiger partial charge in [0.15, 0.2) is 6.30 Å². The number of piperazine rings is 1. The van der Waals surface area contributed by atoms with Crippen molar-refractivity contribution in [1.29, 1.82) is 0 Å². The molecule has 1 aromatic rings. The van der Waals surface area contributed by atoms with Gasteiger partial charge >= 0.3 is 0 Å². The van der Waals surface area contributed by atoms with Crippen LogP contribution in [0.2, 0.25) is 0 Å². The minimum Gasteiger partial charge on any atom is -0.383 e. The molecule has 86 valence electrons. The highest BCUT2D eigenvalue weighted by atomic mass is 19.1. The van der Waals surface area contributed by atoms with E-state index in [1.165, 1.54) is 0 Å². The first-order valence-electron chi connectivity index (χ1n) is 5.82. The van der Waals surface area contributed by atoms with Crippen molar-refractivity contribution in [2.24, 2.45) is 0 Å². The normalized spacial score (nSPS) is 28.7. The molecule has 2 aliphatic heterocycles. The first-order valence-corrected chi connectivity index (χ1v) is 5.82. The van der Waals surface area contributed by atoms with E-state index in [-0.39, 0.29) is 6.04 Å². The van der Waals surface area contributed by atoms with Crippen molar-refractivity contribution >= 4 is 11.4 Å². The largest absolute Gasteiger partial charge is 0.383 e. The number of hydrogen-bond acceptors (Lipinski definition) is 3. The van der Waals surface area contributed by atoms with Crippen LogP contribution in [0, 0.1) is 0 Å². The Bertz CT molecular complexity index is 382. The van der Waals surface area contributed by atoms with Gasteiger partial charge in [0, 0.05) is 25.7 Å². The van der Waals surface area contributed by atoms with Crippen molar-refractivity contribution in [2.75, 3.05) is 29.9 Å². The molecular formula is C12H16FN3. The zero-order chi connectivity index (χ0) is 11.0. The molecule has 1 aromatic carbocycles. The zero-order valence-electron chi connectivity index (χ0n) is 9.12. The molecule has 3 rings (SSSR count). The van der Waals surface area contributed by atoms with Crippen molar-refractivity contribution in [2.45, 2.75) is 18.8 Å². The van der Waals surface area contributed by atoms with Gasteiger partial charge in [-0.2, -0.15) is 0 Å². The maximum absolute atomic E-state index is 14.0. The van der Waals surface area contributed by atoms with Crippen LogP contribution in [0.3, 0.4) is 0 Å². The number of benzene rings is 1. The van der Waals surface area contributed by atoms with E-state index in [0.717, 1.165) is 30.9 Å². The maximum atomic E-state index is 14.0. The van der Waals surface area contributed by atoms with E-state index in [0.29, 0.717) is 6.54 Å². The minimum atomic E-state index is -0.917. The molecule has 0 aromatic heterocycles. The quantitative estimate of drug-likeness (QED) is 0.651. The number of hydrogen-bond donors (Lipinski definition) is 2. The summed E-state index contributed by atoms with van der Waals surface area (Å²) in [6, 6.07) is 8.24. The molecule has 4 heteroatoms. The summed E-state index contributed by atoms with van der Waals surface area (Å²) in [5.41, 5.74) is 2.05. The highest BCUT2D eigenvalue weighted by Gasteiger charge is 2.32. The number of nitrogens with one attached hydrogen (secondary N) is 2. The average molecular weight is 221 g/mol. The second-order valence-corrected chi connectivity index (χ2v) is 4.39. The lowest BCUT2D eigenvalue weighted by atomic mass is 10.1. The van der Waals surface area contributed by atoms with E-state index < -0.39 is 6.30 Å². The minimum absolute atomic E-state index is 0.264. The molecule has 2 N–H and O–H groups in total. The Labute approximate surface area is 94.6 Å². The van der Waals surface area contributed by atoms with E-state index in [1.54, 1.807) is 0 Å². The highest BCUT2D eigenvalue weighted by Crippen LogP contribution is 2.33. The summed E-state index contributed by atoms with van der Waals surface area (Å²) < 4.78 is 14.0. The summed E-state index contributed by atoms with van der Waals surface area (Å²) in [6.07, 6.45) is 0.0575. The fraction of sp³-hybridized carbons (Fsp3) is 0.500. The number of rotatable bonds is 0. The number of fused-ring (bicyclic) bond motifs is 3. The monoisotopic (exact) mass is 221 g/mol. The maximum Gasteiger partial charge on any atom is 0.185 e. The predicted octanol–water partition coefficient (Wildman–Crippen LogP) is 1.58. The molecule has 0 amide bonds. The van der Waals surface area contributed by atoms with Crippen molar-refractivity contribution < 1.29 is 4.39 Å². The third-order valence-corrected chi connectivity index (χ3v) is 3.36. The first kappa shape index (κ1) is 9.90. The molecule has 2 aliphatic rings.